The molecule has 1 rings (SSSR count). The molecule has 3 N–H and O–H groups in total. The van der Waals surface area contributed by atoms with Gasteiger partial charge in [0.15, 0.2) is 0 Å². The topological polar surface area (TPSA) is 66.6 Å². The first kappa shape index (κ1) is 13.7. The number of hydrogen-bond donors (Lipinski definition) is 2. The van der Waals surface area contributed by atoms with Gasteiger partial charge in [-0.3, -0.25) is 4.79 Å². The molecule has 0 heterocycles. The summed E-state index contributed by atoms with van der Waals surface area (Å²) in [5, 5.41) is 10.1. The maximum atomic E-state index is 11.3. The number of hydroxylamine groups is 2. The van der Waals surface area contributed by atoms with E-state index < -0.39 is 0 Å². The average molecular weight is 236 g/mol. The van der Waals surface area contributed by atoms with E-state index in [4.69, 9.17) is 10.9 Å². The molecule has 1 unspecified atom stereocenters. The van der Waals surface area contributed by atoms with Crippen LogP contribution in [0.5, 0.6) is 0 Å². The van der Waals surface area contributed by atoms with Gasteiger partial charge in [-0.15, -0.1) is 0 Å². The van der Waals surface area contributed by atoms with Crippen molar-refractivity contribution in [2.45, 2.75) is 19.3 Å². The molecule has 0 saturated carbocycles. The first-order valence-corrected chi connectivity index (χ1v) is 5.83. The van der Waals surface area contributed by atoms with Crippen molar-refractivity contribution in [2.24, 2.45) is 11.7 Å². The van der Waals surface area contributed by atoms with Crippen LogP contribution in [0.15, 0.2) is 30.3 Å². The van der Waals surface area contributed by atoms with Crippen molar-refractivity contribution in [1.29, 1.82) is 0 Å². The average Bonchev–Trinajstić information content (AvgIpc) is 2.28. The summed E-state index contributed by atoms with van der Waals surface area (Å²) in [5.74, 6) is -0.424. The third-order valence-electron chi connectivity index (χ3n) is 2.76. The molecule has 1 atom stereocenters. The number of primary amides is 1. The second-order valence-electron chi connectivity index (χ2n) is 4.31. The van der Waals surface area contributed by atoms with Crippen molar-refractivity contribution in [2.75, 3.05) is 13.6 Å². The van der Waals surface area contributed by atoms with Crippen molar-refractivity contribution < 1.29 is 10.0 Å². The van der Waals surface area contributed by atoms with Crippen LogP contribution >= 0.6 is 0 Å². The largest absolute Gasteiger partial charge is 0.369 e. The second kappa shape index (κ2) is 7.04. The summed E-state index contributed by atoms with van der Waals surface area (Å²) >= 11 is 0. The number of rotatable bonds is 7. The molecule has 1 aromatic carbocycles. The summed E-state index contributed by atoms with van der Waals surface area (Å²) < 4.78 is 0. The lowest BCUT2D eigenvalue weighted by Crippen LogP contribution is -2.26. The standard InChI is InChI=1S/C13H20N2O2/c1-15(17)9-5-8-12(13(14)16)10-11-6-3-2-4-7-11/h2-4,6-7,12,17H,5,8-10H2,1H3,(H2,14,16). The van der Waals surface area contributed by atoms with Crippen molar-refractivity contribution >= 4 is 5.91 Å². The first-order valence-electron chi connectivity index (χ1n) is 5.83. The maximum absolute atomic E-state index is 11.3. The fraction of sp³-hybridized carbons (Fsp3) is 0.462. The van der Waals surface area contributed by atoms with Crippen LogP contribution in [0.25, 0.3) is 0 Å². The van der Waals surface area contributed by atoms with Crippen LogP contribution in [-0.4, -0.2) is 29.8 Å². The molecule has 94 valence electrons. The number of carbonyl (C=O) groups is 1. The molecule has 4 heteroatoms. The smallest absolute Gasteiger partial charge is 0.220 e. The van der Waals surface area contributed by atoms with E-state index in [2.05, 4.69) is 0 Å². The molecule has 0 bridgehead atoms. The van der Waals surface area contributed by atoms with Crippen LogP contribution < -0.4 is 5.73 Å². The third-order valence-corrected chi connectivity index (χ3v) is 2.76. The Balaban J connectivity index is 2.47. The molecule has 4 nitrogen and oxygen atoms in total. The molecule has 17 heavy (non-hydrogen) atoms. The van der Waals surface area contributed by atoms with E-state index in [1.54, 1.807) is 7.05 Å². The molecule has 0 spiro atoms. The van der Waals surface area contributed by atoms with Gasteiger partial charge in [0.2, 0.25) is 5.91 Å². The Morgan fingerprint density at radius 3 is 2.59 bits per heavy atom. The number of nitrogens with two attached hydrogens (primary N) is 1. The van der Waals surface area contributed by atoms with Crippen molar-refractivity contribution in [3.05, 3.63) is 35.9 Å². The summed E-state index contributed by atoms with van der Waals surface area (Å²) in [6.45, 7) is 0.554. The Kier molecular flexibility index (Phi) is 5.66. The van der Waals surface area contributed by atoms with Crippen LogP contribution in [0.4, 0.5) is 0 Å². The van der Waals surface area contributed by atoms with E-state index in [0.717, 1.165) is 17.0 Å². The van der Waals surface area contributed by atoms with Crippen molar-refractivity contribution in [1.82, 2.24) is 5.06 Å². The lowest BCUT2D eigenvalue weighted by molar-refractivity contribution is -0.122. The number of carbonyl (C=O) groups excluding carboxylic acids is 1. The first-order chi connectivity index (χ1) is 8.09. The number of hydrogen-bond acceptors (Lipinski definition) is 3. The molecular weight excluding hydrogens is 216 g/mol. The zero-order chi connectivity index (χ0) is 12.7. The molecule has 1 aromatic rings. The zero-order valence-electron chi connectivity index (χ0n) is 10.2. The van der Waals surface area contributed by atoms with E-state index in [-0.39, 0.29) is 11.8 Å². The van der Waals surface area contributed by atoms with Gasteiger partial charge in [-0.1, -0.05) is 30.3 Å². The Labute approximate surface area is 102 Å². The predicted molar refractivity (Wildman–Crippen MR) is 66.5 cm³/mol. The number of benzene rings is 1. The lowest BCUT2D eigenvalue weighted by Gasteiger charge is -2.14. The Hall–Kier alpha value is -1.39. The molecule has 0 radical (unpaired) electrons. The number of nitrogens with zero attached hydrogens (tertiary/aromatic N) is 1. The molecule has 0 saturated heterocycles. The van der Waals surface area contributed by atoms with Crippen LogP contribution in [0, 0.1) is 5.92 Å². The molecule has 0 aliphatic rings. The number of amides is 1. The summed E-state index contributed by atoms with van der Waals surface area (Å²) in [6, 6.07) is 9.84. The lowest BCUT2D eigenvalue weighted by atomic mass is 9.94. The van der Waals surface area contributed by atoms with E-state index in [1.807, 2.05) is 30.3 Å². The predicted octanol–water partition coefficient (Wildman–Crippen LogP) is 1.43. The maximum Gasteiger partial charge on any atom is 0.220 e. The fourth-order valence-electron chi connectivity index (χ4n) is 1.81. The molecule has 0 aromatic heterocycles. The van der Waals surface area contributed by atoms with Gasteiger partial charge in [-0.05, 0) is 24.8 Å². The molecule has 0 aliphatic carbocycles. The van der Waals surface area contributed by atoms with E-state index in [1.165, 1.54) is 0 Å². The van der Waals surface area contributed by atoms with Gasteiger partial charge in [-0.25, -0.2) is 0 Å². The minimum Gasteiger partial charge on any atom is -0.369 e. The molecule has 1 amide bonds. The highest BCUT2D eigenvalue weighted by Crippen LogP contribution is 2.14. The van der Waals surface area contributed by atoms with Gasteiger partial charge in [0.1, 0.15) is 0 Å². The van der Waals surface area contributed by atoms with Gasteiger partial charge in [0, 0.05) is 19.5 Å². The Morgan fingerprint density at radius 2 is 2.06 bits per heavy atom. The summed E-state index contributed by atoms with van der Waals surface area (Å²) in [5.41, 5.74) is 6.51. The van der Waals surface area contributed by atoms with Crippen molar-refractivity contribution in [3.63, 3.8) is 0 Å². The SMILES string of the molecule is CN(O)CCCC(Cc1ccccc1)C(N)=O. The van der Waals surface area contributed by atoms with Crippen molar-refractivity contribution in [3.8, 4) is 0 Å². The van der Waals surface area contributed by atoms with Gasteiger partial charge in [0.05, 0.1) is 0 Å². The third kappa shape index (κ3) is 5.47. The second-order valence-corrected chi connectivity index (χ2v) is 4.31. The fourth-order valence-corrected chi connectivity index (χ4v) is 1.81. The minimum atomic E-state index is -0.269. The monoisotopic (exact) mass is 236 g/mol. The van der Waals surface area contributed by atoms with E-state index >= 15 is 0 Å². The minimum absolute atomic E-state index is 0.155. The highest BCUT2D eigenvalue weighted by atomic mass is 16.5. The highest BCUT2D eigenvalue weighted by molar-refractivity contribution is 5.76. The van der Waals surface area contributed by atoms with E-state index in [9.17, 15) is 4.79 Å². The van der Waals surface area contributed by atoms with Crippen LogP contribution in [0.2, 0.25) is 0 Å². The van der Waals surface area contributed by atoms with Gasteiger partial charge >= 0.3 is 0 Å². The van der Waals surface area contributed by atoms with E-state index in [0.29, 0.717) is 19.4 Å². The summed E-state index contributed by atoms with van der Waals surface area (Å²) in [7, 11) is 1.59. The van der Waals surface area contributed by atoms with Crippen LogP contribution in [0.3, 0.4) is 0 Å². The molecular formula is C13H20N2O2. The van der Waals surface area contributed by atoms with Gasteiger partial charge in [0.25, 0.3) is 0 Å². The van der Waals surface area contributed by atoms with Gasteiger partial charge in [-0.2, -0.15) is 5.06 Å². The normalized spacial score (nSPS) is 12.6. The van der Waals surface area contributed by atoms with Gasteiger partial charge < -0.3 is 10.9 Å². The zero-order valence-corrected chi connectivity index (χ0v) is 10.2. The highest BCUT2D eigenvalue weighted by Gasteiger charge is 2.15. The summed E-state index contributed by atoms with van der Waals surface area (Å²) in [4.78, 5) is 11.3. The Bertz CT molecular complexity index is 339. The van der Waals surface area contributed by atoms with Crippen LogP contribution in [-0.2, 0) is 11.2 Å². The summed E-state index contributed by atoms with van der Waals surface area (Å²) in [6.07, 6.45) is 2.13. The van der Waals surface area contributed by atoms with Crippen LogP contribution in [0.1, 0.15) is 18.4 Å². The molecule has 0 aliphatic heterocycles. The molecule has 0 fully saturated rings. The quantitative estimate of drug-likeness (QED) is 0.704. The Morgan fingerprint density at radius 1 is 1.41 bits per heavy atom.